The fourth-order valence-corrected chi connectivity index (χ4v) is 3.68. The number of hydrogen-bond donors (Lipinski definition) is 0. The summed E-state index contributed by atoms with van der Waals surface area (Å²) in [7, 11) is 3.10. The van der Waals surface area contributed by atoms with Gasteiger partial charge in [0.2, 0.25) is 0 Å². The van der Waals surface area contributed by atoms with Gasteiger partial charge in [-0.05, 0) is 24.3 Å². The molecule has 5 rings (SSSR count). The molecule has 0 saturated heterocycles. The molecule has 162 valence electrons. The molecule has 0 aromatic carbocycles. The molecule has 0 unspecified atom stereocenters. The number of amides is 1. The molecule has 10 heteroatoms. The van der Waals surface area contributed by atoms with Gasteiger partial charge in [-0.15, -0.1) is 0 Å². The molecule has 0 spiro atoms. The van der Waals surface area contributed by atoms with Crippen molar-refractivity contribution in [2.45, 2.75) is 19.6 Å². The number of aryl methyl sites for hydroxylation is 2. The molecule has 1 amide bonds. The smallest absolute Gasteiger partial charge is 0.260 e. The Bertz CT molecular complexity index is 1270. The molecule has 32 heavy (non-hydrogen) atoms. The molecule has 1 aliphatic heterocycles. The average Bonchev–Trinajstić information content (AvgIpc) is 3.57. The van der Waals surface area contributed by atoms with Gasteiger partial charge in [0, 0.05) is 30.4 Å². The summed E-state index contributed by atoms with van der Waals surface area (Å²) in [6.45, 7) is 1.74. The fraction of sp³-hybridized carbons (Fsp3) is 0.227. The molecule has 0 saturated carbocycles. The maximum absolute atomic E-state index is 13.0. The maximum Gasteiger partial charge on any atom is 0.260 e. The molecular formula is C22H21N7O3. The van der Waals surface area contributed by atoms with E-state index in [1.807, 2.05) is 35.3 Å². The van der Waals surface area contributed by atoms with Gasteiger partial charge in [-0.1, -0.05) is 0 Å². The molecule has 1 aliphatic rings. The van der Waals surface area contributed by atoms with Gasteiger partial charge in [-0.3, -0.25) is 24.0 Å². The summed E-state index contributed by atoms with van der Waals surface area (Å²) in [6.07, 6.45) is 8.89. The van der Waals surface area contributed by atoms with Crippen LogP contribution in [-0.2, 0) is 19.6 Å². The van der Waals surface area contributed by atoms with E-state index >= 15 is 0 Å². The van der Waals surface area contributed by atoms with Crippen molar-refractivity contribution in [1.82, 2.24) is 29.5 Å². The van der Waals surface area contributed by atoms with E-state index in [0.717, 1.165) is 11.3 Å². The first-order valence-corrected chi connectivity index (χ1v) is 10.1. The predicted molar refractivity (Wildman–Crippen MR) is 116 cm³/mol. The quantitative estimate of drug-likeness (QED) is 0.443. The minimum absolute atomic E-state index is 0.0869. The number of carbonyl (C=O) groups is 1. The van der Waals surface area contributed by atoms with Crippen LogP contribution in [0.4, 0.5) is 5.69 Å². The highest BCUT2D eigenvalue weighted by molar-refractivity contribution is 6.09. The number of aromatic nitrogens is 6. The summed E-state index contributed by atoms with van der Waals surface area (Å²) in [5.41, 5.74) is 3.53. The minimum atomic E-state index is -0.0869. The van der Waals surface area contributed by atoms with Crippen LogP contribution in [0.3, 0.4) is 0 Å². The Balaban J connectivity index is 1.35. The molecule has 0 fully saturated rings. The van der Waals surface area contributed by atoms with Gasteiger partial charge in [0.15, 0.2) is 5.75 Å². The minimum Gasteiger partial charge on any atom is -0.491 e. The molecule has 4 aromatic heterocycles. The third-order valence-electron chi connectivity index (χ3n) is 5.33. The van der Waals surface area contributed by atoms with E-state index in [1.165, 1.54) is 7.11 Å². The van der Waals surface area contributed by atoms with Crippen molar-refractivity contribution >= 4 is 11.6 Å². The van der Waals surface area contributed by atoms with Crippen molar-refractivity contribution in [1.29, 1.82) is 0 Å². The van der Waals surface area contributed by atoms with Crippen LogP contribution in [0, 0.1) is 0 Å². The second kappa shape index (κ2) is 8.14. The summed E-state index contributed by atoms with van der Waals surface area (Å²) in [4.78, 5) is 23.6. The average molecular weight is 431 g/mol. The van der Waals surface area contributed by atoms with Crippen LogP contribution in [0.25, 0.3) is 11.3 Å². The SMILES string of the molecule is COc1cc(-c2ccc3c(n2)CN(c2cnn(CCn4cccn4)c2)C3=O)cnc1OC. The highest BCUT2D eigenvalue weighted by Crippen LogP contribution is 2.32. The van der Waals surface area contributed by atoms with E-state index in [0.29, 0.717) is 48.2 Å². The Morgan fingerprint density at radius 2 is 1.94 bits per heavy atom. The molecule has 0 N–H and O–H groups in total. The van der Waals surface area contributed by atoms with Crippen molar-refractivity contribution in [3.63, 3.8) is 0 Å². The Kier molecular flexibility index (Phi) is 5.02. The van der Waals surface area contributed by atoms with Crippen LogP contribution in [0.2, 0.25) is 0 Å². The lowest BCUT2D eigenvalue weighted by Gasteiger charge is -2.12. The highest BCUT2D eigenvalue weighted by atomic mass is 16.5. The van der Waals surface area contributed by atoms with Crippen LogP contribution >= 0.6 is 0 Å². The topological polar surface area (TPSA) is 100 Å². The van der Waals surface area contributed by atoms with Crippen LogP contribution in [0.15, 0.2) is 55.2 Å². The Morgan fingerprint density at radius 1 is 1.06 bits per heavy atom. The van der Waals surface area contributed by atoms with E-state index in [-0.39, 0.29) is 5.91 Å². The molecule has 0 radical (unpaired) electrons. The third kappa shape index (κ3) is 3.55. The van der Waals surface area contributed by atoms with Crippen LogP contribution in [-0.4, -0.2) is 49.7 Å². The molecule has 4 aromatic rings. The first kappa shape index (κ1) is 19.7. The van der Waals surface area contributed by atoms with E-state index in [4.69, 9.17) is 14.5 Å². The van der Waals surface area contributed by atoms with Gasteiger partial charge < -0.3 is 9.47 Å². The number of ether oxygens (including phenoxy) is 2. The van der Waals surface area contributed by atoms with Crippen molar-refractivity contribution in [3.8, 4) is 22.9 Å². The van der Waals surface area contributed by atoms with E-state index < -0.39 is 0 Å². The lowest BCUT2D eigenvalue weighted by molar-refractivity contribution is 0.0996. The fourth-order valence-electron chi connectivity index (χ4n) is 3.68. The standard InChI is InChI=1S/C22H21N7O3/c1-31-20-10-15(11-23-21(20)32-2)18-5-4-17-19(26-18)14-29(22(17)30)16-12-25-28(13-16)9-8-27-7-3-6-24-27/h3-7,10-13H,8-9,14H2,1-2H3. The highest BCUT2D eigenvalue weighted by Gasteiger charge is 2.31. The summed E-state index contributed by atoms with van der Waals surface area (Å²) in [5.74, 6) is 0.840. The zero-order valence-electron chi connectivity index (χ0n) is 17.7. The summed E-state index contributed by atoms with van der Waals surface area (Å²) < 4.78 is 14.2. The van der Waals surface area contributed by atoms with Crippen LogP contribution in [0.1, 0.15) is 16.1 Å². The molecule has 0 aliphatic carbocycles. The van der Waals surface area contributed by atoms with Crippen molar-refractivity contribution in [2.75, 3.05) is 19.1 Å². The number of fused-ring (bicyclic) bond motifs is 1. The second-order valence-corrected chi connectivity index (χ2v) is 7.25. The molecular weight excluding hydrogens is 410 g/mol. The Labute approximate surface area is 184 Å². The molecule has 0 bridgehead atoms. The van der Waals surface area contributed by atoms with Gasteiger partial charge in [-0.2, -0.15) is 10.2 Å². The number of pyridine rings is 2. The van der Waals surface area contributed by atoms with Crippen LogP contribution < -0.4 is 14.4 Å². The van der Waals surface area contributed by atoms with Gasteiger partial charge in [0.25, 0.3) is 11.8 Å². The van der Waals surface area contributed by atoms with Gasteiger partial charge in [-0.25, -0.2) is 4.98 Å². The monoisotopic (exact) mass is 431 g/mol. The van der Waals surface area contributed by atoms with E-state index in [9.17, 15) is 4.79 Å². The number of rotatable bonds is 7. The summed E-state index contributed by atoms with van der Waals surface area (Å²) in [6, 6.07) is 7.32. The summed E-state index contributed by atoms with van der Waals surface area (Å²) in [5, 5.41) is 8.58. The second-order valence-electron chi connectivity index (χ2n) is 7.25. The van der Waals surface area contributed by atoms with Crippen LogP contribution in [0.5, 0.6) is 11.6 Å². The molecule has 0 atom stereocenters. The first-order valence-electron chi connectivity index (χ1n) is 10.1. The van der Waals surface area contributed by atoms with Gasteiger partial charge in [0.05, 0.1) is 62.7 Å². The van der Waals surface area contributed by atoms with Crippen molar-refractivity contribution < 1.29 is 14.3 Å². The lowest BCUT2D eigenvalue weighted by Crippen LogP contribution is -2.22. The van der Waals surface area contributed by atoms with Crippen molar-refractivity contribution in [2.24, 2.45) is 0 Å². The first-order chi connectivity index (χ1) is 15.7. The molecule has 5 heterocycles. The maximum atomic E-state index is 13.0. The lowest BCUT2D eigenvalue weighted by atomic mass is 10.1. The predicted octanol–water partition coefficient (Wildman–Crippen LogP) is 2.41. The zero-order chi connectivity index (χ0) is 22.1. The Morgan fingerprint density at radius 3 is 2.72 bits per heavy atom. The Hall–Kier alpha value is -4.21. The number of nitrogens with zero attached hydrogens (tertiary/aromatic N) is 7. The third-order valence-corrected chi connectivity index (χ3v) is 5.33. The zero-order valence-corrected chi connectivity index (χ0v) is 17.7. The van der Waals surface area contributed by atoms with E-state index in [2.05, 4.69) is 15.2 Å². The number of anilines is 1. The largest absolute Gasteiger partial charge is 0.491 e. The van der Waals surface area contributed by atoms with Gasteiger partial charge >= 0.3 is 0 Å². The number of hydrogen-bond acceptors (Lipinski definition) is 7. The molecule has 10 nitrogen and oxygen atoms in total. The van der Waals surface area contributed by atoms with E-state index in [1.54, 1.807) is 41.3 Å². The van der Waals surface area contributed by atoms with Crippen molar-refractivity contribution in [3.05, 3.63) is 66.5 Å². The normalized spacial score (nSPS) is 12.8. The van der Waals surface area contributed by atoms with Gasteiger partial charge in [0.1, 0.15) is 0 Å². The number of carbonyl (C=O) groups excluding carboxylic acids is 1. The summed E-state index contributed by atoms with van der Waals surface area (Å²) >= 11 is 0. The number of methoxy groups -OCH3 is 2.